The lowest BCUT2D eigenvalue weighted by Crippen LogP contribution is -2.58. The molecule has 2 aromatic rings. The predicted octanol–water partition coefficient (Wildman–Crippen LogP) is -0.562. The number of unbranched alkanes of at least 4 members (excludes halogenated alkanes) is 1. The highest BCUT2D eigenvalue weighted by atomic mass is 16.4. The molecule has 0 bridgehead atoms. The number of carboxylic acids is 1. The zero-order valence-corrected chi connectivity index (χ0v) is 23.3. The summed E-state index contributed by atoms with van der Waals surface area (Å²) in [5.74, 6) is -4.15. The number of hydrogen-bond acceptors (Lipinski definition) is 8. The predicted molar refractivity (Wildman–Crippen MR) is 155 cm³/mol. The normalized spacial score (nSPS) is 13.7. The van der Waals surface area contributed by atoms with Gasteiger partial charge in [-0.05, 0) is 49.1 Å². The van der Waals surface area contributed by atoms with Gasteiger partial charge in [0.05, 0.1) is 6.04 Å². The smallest absolute Gasteiger partial charge is 0.326 e. The molecule has 2 rings (SSSR count). The highest BCUT2D eigenvalue weighted by Gasteiger charge is 2.31. The Morgan fingerprint density at radius 1 is 0.714 bits per heavy atom. The number of hydrogen-bond donors (Lipinski definition) is 8. The molecule has 0 saturated carbocycles. The van der Waals surface area contributed by atoms with Gasteiger partial charge in [0.15, 0.2) is 0 Å². The highest BCUT2D eigenvalue weighted by molar-refractivity contribution is 5.94. The SMILES string of the molecule is NCCCCC(N)C(=O)NC(CCC(N)=O)C(=O)NC(Cc1ccc(O)cc1)C(=O)NC(Cc1ccccc1)C(=O)O. The Labute approximate surface area is 244 Å². The van der Waals surface area contributed by atoms with Gasteiger partial charge in [0.1, 0.15) is 23.9 Å². The largest absolute Gasteiger partial charge is 0.508 e. The van der Waals surface area contributed by atoms with Gasteiger partial charge in [0, 0.05) is 19.3 Å². The number of carboxylic acid groups (broad SMARTS) is 1. The van der Waals surface area contributed by atoms with Crippen LogP contribution in [0, 0.1) is 0 Å². The number of carbonyl (C=O) groups excluding carboxylic acids is 4. The number of primary amides is 1. The number of rotatable bonds is 18. The molecule has 228 valence electrons. The Hall–Kier alpha value is -4.49. The minimum Gasteiger partial charge on any atom is -0.508 e. The van der Waals surface area contributed by atoms with Crippen molar-refractivity contribution in [3.05, 3.63) is 65.7 Å². The fourth-order valence-corrected chi connectivity index (χ4v) is 4.15. The maximum atomic E-state index is 13.4. The monoisotopic (exact) mass is 584 g/mol. The minimum atomic E-state index is -1.30. The first-order chi connectivity index (χ1) is 20.0. The molecule has 0 fully saturated rings. The summed E-state index contributed by atoms with van der Waals surface area (Å²) < 4.78 is 0. The number of aliphatic carboxylic acids is 1. The van der Waals surface area contributed by atoms with Gasteiger partial charge in [0.25, 0.3) is 0 Å². The molecule has 0 aliphatic carbocycles. The third kappa shape index (κ3) is 11.9. The number of phenolic OH excluding ortho intramolecular Hbond substituents is 1. The van der Waals surface area contributed by atoms with Crippen LogP contribution >= 0.6 is 0 Å². The molecule has 13 heteroatoms. The number of nitrogens with two attached hydrogens (primary N) is 3. The summed E-state index contributed by atoms with van der Waals surface area (Å²) in [7, 11) is 0. The van der Waals surface area contributed by atoms with Gasteiger partial charge in [-0.25, -0.2) is 4.79 Å². The van der Waals surface area contributed by atoms with Crippen LogP contribution in [-0.2, 0) is 36.8 Å². The number of nitrogens with one attached hydrogen (secondary N) is 3. The zero-order chi connectivity index (χ0) is 31.1. The van der Waals surface area contributed by atoms with E-state index < -0.39 is 53.8 Å². The standard InChI is InChI=1S/C29H40N6O7/c30-15-5-4-8-21(31)26(38)33-22(13-14-25(32)37)27(39)34-23(16-19-9-11-20(36)12-10-19)28(40)35-24(29(41)42)17-18-6-2-1-3-7-18/h1-3,6-7,9-12,21-24,36H,4-5,8,13-17,30-31H2,(H2,32,37)(H,33,38)(H,34,39)(H,35,40)(H,41,42). The second-order valence-electron chi connectivity index (χ2n) is 9.98. The van der Waals surface area contributed by atoms with Crippen molar-refractivity contribution in [3.63, 3.8) is 0 Å². The Balaban J connectivity index is 2.25. The summed E-state index contributed by atoms with van der Waals surface area (Å²) in [6.45, 7) is 0.441. The second-order valence-corrected chi connectivity index (χ2v) is 9.98. The van der Waals surface area contributed by atoms with Crippen LogP contribution in [0.1, 0.15) is 43.2 Å². The van der Waals surface area contributed by atoms with Crippen LogP contribution in [0.25, 0.3) is 0 Å². The first-order valence-electron chi connectivity index (χ1n) is 13.7. The molecule has 0 aliphatic rings. The molecule has 0 spiro atoms. The topological polar surface area (TPSA) is 240 Å². The summed E-state index contributed by atoms with van der Waals surface area (Å²) in [5.41, 5.74) is 17.9. The molecule has 0 aromatic heterocycles. The van der Waals surface area contributed by atoms with E-state index in [1.807, 2.05) is 0 Å². The molecule has 0 saturated heterocycles. The van der Waals surface area contributed by atoms with E-state index in [-0.39, 0.29) is 31.4 Å². The second kappa shape index (κ2) is 17.4. The Morgan fingerprint density at radius 3 is 1.86 bits per heavy atom. The summed E-state index contributed by atoms with van der Waals surface area (Å²) in [5, 5.41) is 27.0. The Kier molecular flexibility index (Phi) is 13.9. The van der Waals surface area contributed by atoms with Crippen LogP contribution < -0.4 is 33.2 Å². The van der Waals surface area contributed by atoms with E-state index in [1.54, 1.807) is 42.5 Å². The van der Waals surface area contributed by atoms with E-state index in [9.17, 15) is 34.2 Å². The van der Waals surface area contributed by atoms with E-state index in [2.05, 4.69) is 16.0 Å². The molecule has 2 aromatic carbocycles. The fourth-order valence-electron chi connectivity index (χ4n) is 4.15. The van der Waals surface area contributed by atoms with E-state index in [4.69, 9.17) is 17.2 Å². The van der Waals surface area contributed by atoms with E-state index in [0.29, 0.717) is 36.9 Å². The third-order valence-electron chi connectivity index (χ3n) is 6.52. The maximum Gasteiger partial charge on any atom is 0.326 e. The van der Waals surface area contributed by atoms with Crippen molar-refractivity contribution in [3.8, 4) is 5.75 Å². The number of phenols is 1. The van der Waals surface area contributed by atoms with Crippen molar-refractivity contribution in [1.29, 1.82) is 0 Å². The van der Waals surface area contributed by atoms with Crippen LogP contribution in [0.4, 0.5) is 0 Å². The van der Waals surface area contributed by atoms with Crippen LogP contribution in [0.5, 0.6) is 5.75 Å². The quantitative estimate of drug-likeness (QED) is 0.105. The summed E-state index contributed by atoms with van der Waals surface area (Å²) in [6, 6.07) is 9.89. The molecule has 0 aliphatic heterocycles. The highest BCUT2D eigenvalue weighted by Crippen LogP contribution is 2.13. The van der Waals surface area contributed by atoms with Crippen LogP contribution in [0.3, 0.4) is 0 Å². The number of aromatic hydroxyl groups is 1. The summed E-state index contributed by atoms with van der Waals surface area (Å²) in [4.78, 5) is 62.9. The van der Waals surface area contributed by atoms with Crippen molar-refractivity contribution < 1.29 is 34.2 Å². The molecule has 11 N–H and O–H groups in total. The third-order valence-corrected chi connectivity index (χ3v) is 6.52. The van der Waals surface area contributed by atoms with Crippen LogP contribution in [0.15, 0.2) is 54.6 Å². The average molecular weight is 585 g/mol. The molecule has 4 amide bonds. The van der Waals surface area contributed by atoms with Crippen LogP contribution in [0.2, 0.25) is 0 Å². The summed E-state index contributed by atoms with van der Waals surface area (Å²) in [6.07, 6.45) is 1.16. The average Bonchev–Trinajstić information content (AvgIpc) is 2.95. The molecule has 13 nitrogen and oxygen atoms in total. The van der Waals surface area contributed by atoms with Gasteiger partial charge in [-0.3, -0.25) is 19.2 Å². The maximum absolute atomic E-state index is 13.4. The molecule has 0 radical (unpaired) electrons. The molecule has 4 atom stereocenters. The van der Waals surface area contributed by atoms with Crippen LogP contribution in [-0.4, -0.2) is 70.5 Å². The Bertz CT molecular complexity index is 1190. The van der Waals surface area contributed by atoms with Crippen molar-refractivity contribution in [2.24, 2.45) is 17.2 Å². The van der Waals surface area contributed by atoms with Gasteiger partial charge < -0.3 is 43.4 Å². The molecule has 42 heavy (non-hydrogen) atoms. The molecular weight excluding hydrogens is 544 g/mol. The Morgan fingerprint density at radius 2 is 1.26 bits per heavy atom. The van der Waals surface area contributed by atoms with E-state index in [0.717, 1.165) is 0 Å². The van der Waals surface area contributed by atoms with Crippen molar-refractivity contribution in [2.45, 2.75) is 69.1 Å². The van der Waals surface area contributed by atoms with Gasteiger partial charge in [-0.15, -0.1) is 0 Å². The van der Waals surface area contributed by atoms with E-state index in [1.165, 1.54) is 12.1 Å². The van der Waals surface area contributed by atoms with Crippen molar-refractivity contribution in [1.82, 2.24) is 16.0 Å². The molecular formula is C29H40N6O7. The van der Waals surface area contributed by atoms with E-state index >= 15 is 0 Å². The lowest BCUT2D eigenvalue weighted by atomic mass is 10.0. The zero-order valence-electron chi connectivity index (χ0n) is 23.3. The lowest BCUT2D eigenvalue weighted by Gasteiger charge is -2.25. The number of amides is 4. The first kappa shape index (κ1) is 33.7. The fraction of sp³-hybridized carbons (Fsp3) is 0.414. The molecule has 0 heterocycles. The first-order valence-corrected chi connectivity index (χ1v) is 13.7. The minimum absolute atomic E-state index is 0.00112. The number of carbonyl (C=O) groups is 5. The lowest BCUT2D eigenvalue weighted by molar-refractivity contribution is -0.142. The van der Waals surface area contributed by atoms with Gasteiger partial charge >= 0.3 is 5.97 Å². The summed E-state index contributed by atoms with van der Waals surface area (Å²) >= 11 is 0. The molecule has 4 unspecified atom stereocenters. The van der Waals surface area contributed by atoms with Gasteiger partial charge in [0.2, 0.25) is 23.6 Å². The number of benzene rings is 2. The van der Waals surface area contributed by atoms with Gasteiger partial charge in [-0.1, -0.05) is 48.9 Å². The van der Waals surface area contributed by atoms with Crippen molar-refractivity contribution in [2.75, 3.05) is 6.54 Å². The van der Waals surface area contributed by atoms with Gasteiger partial charge in [-0.2, -0.15) is 0 Å². The van der Waals surface area contributed by atoms with Crippen molar-refractivity contribution >= 4 is 29.6 Å².